The van der Waals surface area contributed by atoms with Crippen molar-refractivity contribution in [1.82, 2.24) is 15.5 Å². The number of hydrogen-bond acceptors (Lipinski definition) is 4. The molecule has 6 nitrogen and oxygen atoms in total. The summed E-state index contributed by atoms with van der Waals surface area (Å²) in [5.41, 5.74) is 1.33. The largest absolute Gasteiger partial charge is 0.379 e. The quantitative estimate of drug-likeness (QED) is 0.703. The molecule has 1 fully saturated rings. The van der Waals surface area contributed by atoms with Crippen LogP contribution in [0.4, 0.5) is 0 Å². The van der Waals surface area contributed by atoms with Crippen LogP contribution in [-0.2, 0) is 9.53 Å². The minimum atomic E-state index is -0.398. The van der Waals surface area contributed by atoms with Crippen LogP contribution in [-0.4, -0.2) is 55.1 Å². The van der Waals surface area contributed by atoms with Crippen LogP contribution < -0.4 is 10.6 Å². The van der Waals surface area contributed by atoms with Gasteiger partial charge in [0.2, 0.25) is 5.91 Å². The molecule has 0 aliphatic carbocycles. The standard InChI is InChI=1S/C24H31N3O3/c1-24(2,27-13-15-30-16-14-27)18-25-22(28)17-21(19-9-5-3-6-10-19)26-23(29)20-11-7-4-8-12-20/h3-12,21H,13-18H2,1-2H3,(H,25,28)(H,26,29). The van der Waals surface area contributed by atoms with Crippen molar-refractivity contribution in [3.8, 4) is 0 Å². The van der Waals surface area contributed by atoms with Gasteiger partial charge in [0.15, 0.2) is 0 Å². The molecule has 1 heterocycles. The molecule has 1 unspecified atom stereocenters. The van der Waals surface area contributed by atoms with E-state index in [9.17, 15) is 9.59 Å². The lowest BCUT2D eigenvalue weighted by molar-refractivity contribution is -0.122. The third-order valence-corrected chi connectivity index (χ3v) is 5.52. The average Bonchev–Trinajstić information content (AvgIpc) is 2.79. The maximum Gasteiger partial charge on any atom is 0.251 e. The average molecular weight is 410 g/mol. The third kappa shape index (κ3) is 6.15. The van der Waals surface area contributed by atoms with Gasteiger partial charge in [-0.05, 0) is 31.5 Å². The Labute approximate surface area is 178 Å². The number of carbonyl (C=O) groups is 2. The zero-order valence-electron chi connectivity index (χ0n) is 17.8. The number of rotatable bonds is 8. The molecular formula is C24H31N3O3. The first kappa shape index (κ1) is 22.0. The lowest BCUT2D eigenvalue weighted by atomic mass is 10.0. The fraction of sp³-hybridized carbons (Fsp3) is 0.417. The van der Waals surface area contributed by atoms with Crippen molar-refractivity contribution in [3.05, 3.63) is 71.8 Å². The second kappa shape index (κ2) is 10.4. The predicted octanol–water partition coefficient (Wildman–Crippen LogP) is 2.77. The van der Waals surface area contributed by atoms with Crippen molar-refractivity contribution < 1.29 is 14.3 Å². The Morgan fingerprint density at radius 2 is 1.60 bits per heavy atom. The number of carbonyl (C=O) groups excluding carboxylic acids is 2. The van der Waals surface area contributed by atoms with Crippen molar-refractivity contribution in [2.75, 3.05) is 32.8 Å². The number of nitrogens with zero attached hydrogens (tertiary/aromatic N) is 1. The highest BCUT2D eigenvalue weighted by molar-refractivity contribution is 5.94. The molecule has 0 saturated carbocycles. The third-order valence-electron chi connectivity index (χ3n) is 5.52. The molecule has 0 bridgehead atoms. The van der Waals surface area contributed by atoms with Gasteiger partial charge < -0.3 is 15.4 Å². The van der Waals surface area contributed by atoms with Crippen LogP contribution in [0, 0.1) is 0 Å². The van der Waals surface area contributed by atoms with Gasteiger partial charge >= 0.3 is 0 Å². The first-order valence-electron chi connectivity index (χ1n) is 10.5. The number of hydrogen-bond donors (Lipinski definition) is 2. The summed E-state index contributed by atoms with van der Waals surface area (Å²) in [5, 5.41) is 6.08. The van der Waals surface area contributed by atoms with E-state index in [-0.39, 0.29) is 23.8 Å². The normalized spacial score (nSPS) is 15.9. The first-order valence-corrected chi connectivity index (χ1v) is 10.5. The van der Waals surface area contributed by atoms with Crippen LogP contribution in [0.25, 0.3) is 0 Å². The first-order chi connectivity index (χ1) is 14.5. The van der Waals surface area contributed by atoms with Crippen LogP contribution in [0.5, 0.6) is 0 Å². The van der Waals surface area contributed by atoms with Crippen LogP contribution in [0.2, 0.25) is 0 Å². The summed E-state index contributed by atoms with van der Waals surface area (Å²) in [5.74, 6) is -0.274. The summed E-state index contributed by atoms with van der Waals surface area (Å²) in [7, 11) is 0. The van der Waals surface area contributed by atoms with Gasteiger partial charge in [-0.3, -0.25) is 14.5 Å². The van der Waals surface area contributed by atoms with Gasteiger partial charge in [-0.25, -0.2) is 0 Å². The van der Waals surface area contributed by atoms with Gasteiger partial charge in [0.1, 0.15) is 0 Å². The lowest BCUT2D eigenvalue weighted by Gasteiger charge is -2.40. The predicted molar refractivity (Wildman–Crippen MR) is 117 cm³/mol. The highest BCUT2D eigenvalue weighted by atomic mass is 16.5. The zero-order chi connectivity index (χ0) is 21.4. The van der Waals surface area contributed by atoms with Crippen molar-refractivity contribution in [2.45, 2.75) is 31.8 Å². The van der Waals surface area contributed by atoms with Crippen molar-refractivity contribution in [3.63, 3.8) is 0 Å². The molecule has 160 valence electrons. The molecule has 2 aromatic carbocycles. The van der Waals surface area contributed by atoms with Gasteiger partial charge in [0, 0.05) is 30.7 Å². The molecule has 1 saturated heterocycles. The Hall–Kier alpha value is -2.70. The Balaban J connectivity index is 1.62. The Bertz CT molecular complexity index is 818. The Morgan fingerprint density at radius 1 is 1.00 bits per heavy atom. The van der Waals surface area contributed by atoms with Gasteiger partial charge in [0.25, 0.3) is 5.91 Å². The second-order valence-electron chi connectivity index (χ2n) is 8.20. The highest BCUT2D eigenvalue weighted by Gasteiger charge is 2.29. The maximum atomic E-state index is 12.8. The number of morpholine rings is 1. The van der Waals surface area contributed by atoms with Crippen LogP contribution >= 0.6 is 0 Å². The van der Waals surface area contributed by atoms with Crippen molar-refractivity contribution in [2.24, 2.45) is 0 Å². The number of nitrogens with one attached hydrogen (secondary N) is 2. The van der Waals surface area contributed by atoms with Gasteiger partial charge in [-0.1, -0.05) is 48.5 Å². The number of ether oxygens (including phenoxy) is 1. The lowest BCUT2D eigenvalue weighted by Crippen LogP contribution is -2.55. The molecule has 2 N–H and O–H groups in total. The fourth-order valence-corrected chi connectivity index (χ4v) is 3.62. The molecule has 2 aromatic rings. The van der Waals surface area contributed by atoms with E-state index in [1.165, 1.54) is 0 Å². The summed E-state index contributed by atoms with van der Waals surface area (Å²) >= 11 is 0. The summed E-state index contributed by atoms with van der Waals surface area (Å²) in [6, 6.07) is 18.3. The molecule has 0 aromatic heterocycles. The Kier molecular flexibility index (Phi) is 7.60. The summed E-state index contributed by atoms with van der Waals surface area (Å²) in [6.07, 6.45) is 0.182. The molecule has 30 heavy (non-hydrogen) atoms. The van der Waals surface area contributed by atoms with E-state index in [0.717, 1.165) is 31.9 Å². The summed E-state index contributed by atoms with van der Waals surface area (Å²) in [4.78, 5) is 27.8. The molecule has 3 rings (SSSR count). The minimum absolute atomic E-state index is 0.0847. The fourth-order valence-electron chi connectivity index (χ4n) is 3.62. The van der Waals surface area contributed by atoms with E-state index in [2.05, 4.69) is 29.4 Å². The molecule has 0 spiro atoms. The van der Waals surface area contributed by atoms with Crippen LogP contribution in [0.15, 0.2) is 60.7 Å². The van der Waals surface area contributed by atoms with E-state index in [0.29, 0.717) is 12.1 Å². The van der Waals surface area contributed by atoms with E-state index >= 15 is 0 Å². The topological polar surface area (TPSA) is 70.7 Å². The molecular weight excluding hydrogens is 378 g/mol. The summed E-state index contributed by atoms with van der Waals surface area (Å²) in [6.45, 7) is 7.97. The van der Waals surface area contributed by atoms with Crippen LogP contribution in [0.1, 0.15) is 42.2 Å². The second-order valence-corrected chi connectivity index (χ2v) is 8.20. The highest BCUT2D eigenvalue weighted by Crippen LogP contribution is 2.19. The van der Waals surface area contributed by atoms with Crippen molar-refractivity contribution in [1.29, 1.82) is 0 Å². The minimum Gasteiger partial charge on any atom is -0.379 e. The maximum absolute atomic E-state index is 12.8. The monoisotopic (exact) mass is 409 g/mol. The Morgan fingerprint density at radius 3 is 2.23 bits per heavy atom. The van der Waals surface area contributed by atoms with E-state index in [4.69, 9.17) is 4.74 Å². The SMILES string of the molecule is CC(C)(CNC(=O)CC(NC(=O)c1ccccc1)c1ccccc1)N1CCOCC1. The molecule has 0 radical (unpaired) electrons. The smallest absolute Gasteiger partial charge is 0.251 e. The van der Waals surface area contributed by atoms with Crippen molar-refractivity contribution >= 4 is 11.8 Å². The number of amides is 2. The van der Waals surface area contributed by atoms with Gasteiger partial charge in [0.05, 0.1) is 25.7 Å². The van der Waals surface area contributed by atoms with Crippen LogP contribution in [0.3, 0.4) is 0 Å². The molecule has 1 atom stereocenters. The van der Waals surface area contributed by atoms with E-state index < -0.39 is 6.04 Å². The molecule has 1 aliphatic rings. The van der Waals surface area contributed by atoms with Gasteiger partial charge in [-0.15, -0.1) is 0 Å². The van der Waals surface area contributed by atoms with E-state index in [1.807, 2.05) is 48.5 Å². The van der Waals surface area contributed by atoms with Gasteiger partial charge in [-0.2, -0.15) is 0 Å². The molecule has 1 aliphatic heterocycles. The molecule has 6 heteroatoms. The number of benzene rings is 2. The molecule has 2 amide bonds. The summed E-state index contributed by atoms with van der Waals surface area (Å²) < 4.78 is 5.43. The zero-order valence-corrected chi connectivity index (χ0v) is 17.8. The van der Waals surface area contributed by atoms with E-state index in [1.54, 1.807) is 12.1 Å².